The van der Waals surface area contributed by atoms with Gasteiger partial charge in [0, 0.05) is 33.4 Å². The first-order valence-corrected chi connectivity index (χ1v) is 23.6. The third kappa shape index (κ3) is 16.0. The molecule has 0 radical (unpaired) electrons. The molecule has 0 amide bonds. The van der Waals surface area contributed by atoms with Crippen LogP contribution in [0.15, 0.2) is 146 Å². The first kappa shape index (κ1) is 53.8. The van der Waals surface area contributed by atoms with Crippen molar-refractivity contribution in [3.05, 3.63) is 212 Å². The predicted octanol–water partition coefficient (Wildman–Crippen LogP) is 10.2. The molecule has 0 aromatic heterocycles. The zero-order valence-corrected chi connectivity index (χ0v) is 43.3. The van der Waals surface area contributed by atoms with Gasteiger partial charge in [0.1, 0.15) is 34.5 Å². The lowest BCUT2D eigenvalue weighted by atomic mass is 9.86. The highest BCUT2D eigenvalue weighted by atomic mass is 16.5. The second kappa shape index (κ2) is 28.9. The number of hydrogen-bond acceptors (Lipinski definition) is 6. The van der Waals surface area contributed by atoms with E-state index in [4.69, 9.17) is 28.4 Å². The van der Waals surface area contributed by atoms with E-state index in [0.717, 1.165) is 33.4 Å². The van der Waals surface area contributed by atoms with Crippen LogP contribution in [0.25, 0.3) is 0 Å². The Morgan fingerprint density at radius 3 is 0.397 bits per heavy atom. The zero-order valence-electron chi connectivity index (χ0n) is 43.3. The summed E-state index contributed by atoms with van der Waals surface area (Å²) in [5.74, 6) is 78.9. The van der Waals surface area contributed by atoms with Crippen molar-refractivity contribution in [2.45, 2.75) is 0 Å². The second-order valence-electron chi connectivity index (χ2n) is 15.6. The summed E-state index contributed by atoms with van der Waals surface area (Å²) in [5, 5.41) is 0. The first-order valence-electron chi connectivity index (χ1n) is 23.6. The summed E-state index contributed by atoms with van der Waals surface area (Å²) in [6.07, 6.45) is 0. The van der Waals surface area contributed by atoms with Crippen LogP contribution in [0.4, 0.5) is 0 Å². The van der Waals surface area contributed by atoms with Gasteiger partial charge in [-0.1, -0.05) is 71.0 Å². The quantitative estimate of drug-likeness (QED) is 0.155. The van der Waals surface area contributed by atoms with Gasteiger partial charge in [0.05, 0.1) is 76.0 Å². The summed E-state index contributed by atoms with van der Waals surface area (Å²) in [6, 6.07) is 44.0. The summed E-state index contributed by atoms with van der Waals surface area (Å²) in [5.41, 5.74) is 6.36. The van der Waals surface area contributed by atoms with Gasteiger partial charge >= 0.3 is 0 Å². The molecule has 6 nitrogen and oxygen atoms in total. The molecule has 7 aromatic rings. The minimum atomic E-state index is 0.339. The van der Waals surface area contributed by atoms with Crippen molar-refractivity contribution in [3.8, 4) is 177 Å². The number of ether oxygens (including phenoxy) is 6. The molecule has 0 aliphatic heterocycles. The van der Waals surface area contributed by atoms with Crippen LogP contribution in [-0.2, 0) is 0 Å². The van der Waals surface area contributed by atoms with Gasteiger partial charge in [-0.25, -0.2) is 0 Å². The zero-order chi connectivity index (χ0) is 54.6. The minimum Gasteiger partial charge on any atom is -0.497 e. The highest BCUT2D eigenvalue weighted by Crippen LogP contribution is 2.27. The van der Waals surface area contributed by atoms with Crippen LogP contribution in [0, 0.1) is 142 Å². The van der Waals surface area contributed by atoms with E-state index in [0.29, 0.717) is 67.9 Å². The second-order valence-corrected chi connectivity index (χ2v) is 15.6. The Hall–Kier alpha value is -11.9. The molecule has 0 saturated heterocycles. The molecule has 0 spiro atoms. The van der Waals surface area contributed by atoms with E-state index in [2.05, 4.69) is 142 Å². The third-order valence-corrected chi connectivity index (χ3v) is 10.8. The Labute approximate surface area is 457 Å². The molecule has 0 atom stereocenters. The van der Waals surface area contributed by atoms with Gasteiger partial charge < -0.3 is 28.4 Å². The van der Waals surface area contributed by atoms with Crippen molar-refractivity contribution >= 4 is 0 Å². The fraction of sp³-hybridized carbons (Fsp3) is 0.0833. The molecule has 0 unspecified atom stereocenters. The number of benzene rings is 7. The largest absolute Gasteiger partial charge is 0.497 e. The highest BCUT2D eigenvalue weighted by Gasteiger charge is 2.20. The van der Waals surface area contributed by atoms with E-state index in [1.165, 1.54) is 0 Å². The van der Waals surface area contributed by atoms with Gasteiger partial charge in [0.25, 0.3) is 0 Å². The van der Waals surface area contributed by atoms with Crippen molar-refractivity contribution in [3.63, 3.8) is 0 Å². The maximum atomic E-state index is 5.35. The number of methoxy groups -OCH3 is 6. The van der Waals surface area contributed by atoms with Crippen LogP contribution >= 0.6 is 0 Å². The molecule has 0 saturated carbocycles. The van der Waals surface area contributed by atoms with E-state index in [-0.39, 0.29) is 0 Å². The summed E-state index contributed by atoms with van der Waals surface area (Å²) < 4.78 is 32.1. The van der Waals surface area contributed by atoms with E-state index < -0.39 is 0 Å². The van der Waals surface area contributed by atoms with Crippen LogP contribution < -0.4 is 28.4 Å². The number of rotatable bonds is 6. The van der Waals surface area contributed by atoms with Crippen molar-refractivity contribution in [2.75, 3.05) is 42.7 Å². The normalized spacial score (nSPS) is 8.69. The molecule has 0 aliphatic carbocycles. The summed E-state index contributed by atoms with van der Waals surface area (Å²) in [4.78, 5) is 0. The van der Waals surface area contributed by atoms with Crippen molar-refractivity contribution in [1.29, 1.82) is 0 Å². The molecule has 0 heterocycles. The Kier molecular flexibility index (Phi) is 20.0. The van der Waals surface area contributed by atoms with Gasteiger partial charge in [-0.05, 0) is 217 Å². The fourth-order valence-electron chi connectivity index (χ4n) is 6.73. The lowest BCUT2D eigenvalue weighted by Gasteiger charge is -2.11. The smallest absolute Gasteiger partial charge is 0.118 e. The molecule has 0 aliphatic rings. The summed E-state index contributed by atoms with van der Waals surface area (Å²) in [7, 11) is 9.63. The van der Waals surface area contributed by atoms with Gasteiger partial charge in [-0.15, -0.1) is 0 Å². The Morgan fingerprint density at radius 1 is 0.167 bits per heavy atom. The SMILES string of the molecule is COc1ccc(C#CC#Cc2c(C#CC#Cc3ccc(OC)cc3)c(C#CC#Cc3ccc(OC)cc3)c(C#CC#Cc3ccc(OC)cc3)c(C#CC#Cc3ccc(OC)cc3)c2C#CC#Cc2ccc(OC)cc2)cc1. The third-order valence-electron chi connectivity index (χ3n) is 10.8. The number of hydrogen-bond donors (Lipinski definition) is 0. The van der Waals surface area contributed by atoms with Crippen LogP contribution in [0.2, 0.25) is 0 Å². The van der Waals surface area contributed by atoms with Gasteiger partial charge in [-0.2, -0.15) is 0 Å². The lowest BCUT2D eigenvalue weighted by Crippen LogP contribution is -2.04. The van der Waals surface area contributed by atoms with Crippen LogP contribution in [0.1, 0.15) is 66.8 Å². The molecule has 0 N–H and O–H groups in total. The van der Waals surface area contributed by atoms with Crippen LogP contribution in [0.5, 0.6) is 34.5 Å². The van der Waals surface area contributed by atoms with E-state index >= 15 is 0 Å². The molecule has 366 valence electrons. The van der Waals surface area contributed by atoms with Crippen LogP contribution in [-0.4, -0.2) is 42.7 Å². The first-order chi connectivity index (χ1) is 38.4. The van der Waals surface area contributed by atoms with E-state index in [1.54, 1.807) is 42.7 Å². The predicted molar refractivity (Wildman–Crippen MR) is 307 cm³/mol. The maximum absolute atomic E-state index is 5.35. The van der Waals surface area contributed by atoms with Gasteiger partial charge in [0.15, 0.2) is 0 Å². The Balaban J connectivity index is 1.57. The molecular weight excluding hydrogens is 961 g/mol. The minimum absolute atomic E-state index is 0.339. The molecular formula is C72H42O6. The standard InChI is InChI=1S/C72H42O6/c1-73-61-43-31-55(32-44-61)19-7-13-25-67-68(26-14-8-20-56-33-45-62(74-2)46-34-56)70(28-16-10-22-58-37-49-64(76-4)50-38-58)72(30-18-12-24-60-41-53-66(78-6)54-42-60)71(29-17-11-23-59-39-51-65(77-5)52-40-59)69(67)27-15-9-21-57-35-47-63(75-3)48-36-57/h31-54H,1-6H3. The molecule has 7 rings (SSSR count). The van der Waals surface area contributed by atoms with Crippen LogP contribution in [0.3, 0.4) is 0 Å². The summed E-state index contributed by atoms with van der Waals surface area (Å²) in [6.45, 7) is 0. The van der Waals surface area contributed by atoms with Gasteiger partial charge in [0.2, 0.25) is 0 Å². The molecule has 6 heteroatoms. The van der Waals surface area contributed by atoms with Crippen molar-refractivity contribution in [1.82, 2.24) is 0 Å². The molecule has 78 heavy (non-hydrogen) atoms. The maximum Gasteiger partial charge on any atom is 0.118 e. The fourth-order valence-corrected chi connectivity index (χ4v) is 6.73. The monoisotopic (exact) mass is 1000 g/mol. The van der Waals surface area contributed by atoms with Gasteiger partial charge in [-0.3, -0.25) is 0 Å². The average Bonchev–Trinajstić information content (AvgIpc) is 3.68. The Morgan fingerprint density at radius 2 is 0.282 bits per heavy atom. The van der Waals surface area contributed by atoms with E-state index in [9.17, 15) is 0 Å². The Bertz CT molecular complexity index is 3420. The van der Waals surface area contributed by atoms with E-state index in [1.807, 2.05) is 146 Å². The average molecular weight is 1000 g/mol. The topological polar surface area (TPSA) is 55.4 Å². The highest BCUT2D eigenvalue weighted by molar-refractivity contribution is 5.78. The molecule has 0 fully saturated rings. The molecule has 0 bridgehead atoms. The van der Waals surface area contributed by atoms with Crippen molar-refractivity contribution in [2.24, 2.45) is 0 Å². The summed E-state index contributed by atoms with van der Waals surface area (Å²) >= 11 is 0. The van der Waals surface area contributed by atoms with Crippen molar-refractivity contribution < 1.29 is 28.4 Å². The molecule has 7 aromatic carbocycles. The lowest BCUT2D eigenvalue weighted by molar-refractivity contribution is 0.414.